The van der Waals surface area contributed by atoms with Crippen LogP contribution in [-0.4, -0.2) is 23.6 Å². The number of thioether (sulfide) groups is 1. The van der Waals surface area contributed by atoms with Gasteiger partial charge in [0.25, 0.3) is 0 Å². The zero-order valence-corrected chi connectivity index (χ0v) is 6.52. The summed E-state index contributed by atoms with van der Waals surface area (Å²) in [5, 5.41) is 0. The predicted molar refractivity (Wildman–Crippen MR) is 39.9 cm³/mol. The van der Waals surface area contributed by atoms with Crippen LogP contribution in [-0.2, 0) is 9.53 Å². The van der Waals surface area contributed by atoms with Gasteiger partial charge in [-0.3, -0.25) is 4.79 Å². The summed E-state index contributed by atoms with van der Waals surface area (Å²) in [4.78, 5) is 10.8. The van der Waals surface area contributed by atoms with Crippen LogP contribution < -0.4 is 0 Å². The molecule has 0 aromatic rings. The smallest absolute Gasteiger partial charge is 0.306 e. The van der Waals surface area contributed by atoms with E-state index >= 15 is 0 Å². The molecule has 2 nitrogen and oxygen atoms in total. The molecule has 2 unspecified atom stereocenters. The molecule has 0 saturated carbocycles. The maximum atomic E-state index is 10.8. The Labute approximate surface area is 64.3 Å². The molecule has 3 heteroatoms. The van der Waals surface area contributed by atoms with E-state index in [0.29, 0.717) is 12.3 Å². The van der Waals surface area contributed by atoms with E-state index in [-0.39, 0.29) is 12.1 Å². The summed E-state index contributed by atoms with van der Waals surface area (Å²) in [6.45, 7) is 0. The second-order valence-electron chi connectivity index (χ2n) is 2.86. The van der Waals surface area contributed by atoms with Gasteiger partial charge in [0.1, 0.15) is 6.10 Å². The van der Waals surface area contributed by atoms with E-state index in [1.807, 2.05) is 11.8 Å². The molecule has 56 valence electrons. The van der Waals surface area contributed by atoms with E-state index in [1.54, 1.807) is 0 Å². The largest absolute Gasteiger partial charge is 0.462 e. The maximum Gasteiger partial charge on any atom is 0.306 e. The van der Waals surface area contributed by atoms with Gasteiger partial charge in [-0.15, -0.1) is 0 Å². The quantitative estimate of drug-likeness (QED) is 0.493. The highest BCUT2D eigenvalue weighted by atomic mass is 32.2. The lowest BCUT2D eigenvalue weighted by atomic mass is 10.0. The lowest BCUT2D eigenvalue weighted by Gasteiger charge is -2.21. The van der Waals surface area contributed by atoms with Crippen molar-refractivity contribution >= 4 is 17.7 Å². The van der Waals surface area contributed by atoms with Gasteiger partial charge in [0.15, 0.2) is 0 Å². The third-order valence-electron chi connectivity index (χ3n) is 2.12. The summed E-state index contributed by atoms with van der Waals surface area (Å²) in [7, 11) is 0. The standard InChI is InChI=1S/C7H10O2S/c8-7-3-5-4-10-2-1-6(5)9-7/h5-6H,1-4H2. The van der Waals surface area contributed by atoms with Crippen molar-refractivity contribution < 1.29 is 9.53 Å². The summed E-state index contributed by atoms with van der Waals surface area (Å²) in [6, 6.07) is 0. The van der Waals surface area contributed by atoms with Crippen molar-refractivity contribution in [1.82, 2.24) is 0 Å². The van der Waals surface area contributed by atoms with Crippen LogP contribution in [0.15, 0.2) is 0 Å². The number of carbonyl (C=O) groups is 1. The zero-order chi connectivity index (χ0) is 6.97. The molecule has 2 aliphatic heterocycles. The van der Waals surface area contributed by atoms with E-state index in [2.05, 4.69) is 0 Å². The Kier molecular flexibility index (Phi) is 1.60. The fraction of sp³-hybridized carbons (Fsp3) is 0.857. The molecule has 0 aromatic carbocycles. The van der Waals surface area contributed by atoms with E-state index < -0.39 is 0 Å². The number of fused-ring (bicyclic) bond motifs is 1. The summed E-state index contributed by atoms with van der Waals surface area (Å²) >= 11 is 1.94. The number of carbonyl (C=O) groups excluding carboxylic acids is 1. The molecule has 10 heavy (non-hydrogen) atoms. The van der Waals surface area contributed by atoms with Crippen LogP contribution >= 0.6 is 11.8 Å². The number of hydrogen-bond acceptors (Lipinski definition) is 3. The Balaban J connectivity index is 2.04. The van der Waals surface area contributed by atoms with Crippen LogP contribution in [0.3, 0.4) is 0 Å². The monoisotopic (exact) mass is 158 g/mol. The Morgan fingerprint density at radius 1 is 1.60 bits per heavy atom. The van der Waals surface area contributed by atoms with Crippen molar-refractivity contribution in [1.29, 1.82) is 0 Å². The average molecular weight is 158 g/mol. The first-order chi connectivity index (χ1) is 4.86. The van der Waals surface area contributed by atoms with Gasteiger partial charge in [0.2, 0.25) is 0 Å². The molecule has 0 spiro atoms. The predicted octanol–water partition coefficient (Wildman–Crippen LogP) is 1.06. The summed E-state index contributed by atoms with van der Waals surface area (Å²) in [6.07, 6.45) is 2.01. The SMILES string of the molecule is O=C1CC2CSCCC2O1. The number of hydrogen-bond donors (Lipinski definition) is 0. The molecule has 2 aliphatic rings. The molecule has 2 saturated heterocycles. The molecule has 0 bridgehead atoms. The molecule has 0 amide bonds. The topological polar surface area (TPSA) is 26.3 Å². The second-order valence-corrected chi connectivity index (χ2v) is 4.01. The fourth-order valence-electron chi connectivity index (χ4n) is 1.55. The van der Waals surface area contributed by atoms with Crippen LogP contribution in [0.2, 0.25) is 0 Å². The minimum absolute atomic E-state index is 0.0116. The minimum Gasteiger partial charge on any atom is -0.462 e. The Morgan fingerprint density at radius 2 is 2.50 bits per heavy atom. The highest BCUT2D eigenvalue weighted by molar-refractivity contribution is 7.99. The molecular formula is C7H10O2S. The summed E-state index contributed by atoms with van der Waals surface area (Å²) in [5.74, 6) is 2.83. The third-order valence-corrected chi connectivity index (χ3v) is 3.30. The summed E-state index contributed by atoms with van der Waals surface area (Å²) in [5.41, 5.74) is 0. The van der Waals surface area contributed by atoms with Gasteiger partial charge in [-0.25, -0.2) is 0 Å². The molecule has 2 atom stereocenters. The lowest BCUT2D eigenvalue weighted by molar-refractivity contribution is -0.141. The van der Waals surface area contributed by atoms with Gasteiger partial charge in [-0.2, -0.15) is 11.8 Å². The van der Waals surface area contributed by atoms with Crippen molar-refractivity contribution in [2.45, 2.75) is 18.9 Å². The van der Waals surface area contributed by atoms with Crippen LogP contribution in [0.5, 0.6) is 0 Å². The molecule has 0 N–H and O–H groups in total. The van der Waals surface area contributed by atoms with Crippen molar-refractivity contribution in [2.75, 3.05) is 11.5 Å². The Hall–Kier alpha value is -0.180. The lowest BCUT2D eigenvalue weighted by Crippen LogP contribution is -2.23. The molecule has 2 rings (SSSR count). The normalized spacial score (nSPS) is 39.0. The first-order valence-corrected chi connectivity index (χ1v) is 4.79. The summed E-state index contributed by atoms with van der Waals surface area (Å²) < 4.78 is 5.11. The molecule has 2 heterocycles. The zero-order valence-electron chi connectivity index (χ0n) is 5.71. The fourth-order valence-corrected chi connectivity index (χ4v) is 2.75. The van der Waals surface area contributed by atoms with E-state index in [0.717, 1.165) is 17.9 Å². The molecule has 0 aromatic heterocycles. The van der Waals surface area contributed by atoms with Crippen LogP contribution in [0, 0.1) is 5.92 Å². The highest BCUT2D eigenvalue weighted by Gasteiger charge is 2.36. The van der Waals surface area contributed by atoms with E-state index in [1.165, 1.54) is 0 Å². The Morgan fingerprint density at radius 3 is 3.30 bits per heavy atom. The number of esters is 1. The minimum atomic E-state index is 0.0116. The van der Waals surface area contributed by atoms with Gasteiger partial charge in [0.05, 0.1) is 6.42 Å². The van der Waals surface area contributed by atoms with Crippen molar-refractivity contribution in [3.8, 4) is 0 Å². The van der Waals surface area contributed by atoms with E-state index in [4.69, 9.17) is 4.74 Å². The van der Waals surface area contributed by atoms with Gasteiger partial charge < -0.3 is 4.74 Å². The van der Waals surface area contributed by atoms with Crippen molar-refractivity contribution in [3.05, 3.63) is 0 Å². The number of rotatable bonds is 0. The van der Waals surface area contributed by atoms with Crippen molar-refractivity contribution in [3.63, 3.8) is 0 Å². The van der Waals surface area contributed by atoms with E-state index in [9.17, 15) is 4.79 Å². The average Bonchev–Trinajstić information content (AvgIpc) is 2.27. The van der Waals surface area contributed by atoms with Crippen LogP contribution in [0.1, 0.15) is 12.8 Å². The second kappa shape index (κ2) is 2.46. The van der Waals surface area contributed by atoms with Gasteiger partial charge in [-0.05, 0) is 12.2 Å². The van der Waals surface area contributed by atoms with Gasteiger partial charge in [-0.1, -0.05) is 0 Å². The molecule has 0 radical (unpaired) electrons. The number of ether oxygens (including phenoxy) is 1. The molecular weight excluding hydrogens is 148 g/mol. The molecule has 0 aliphatic carbocycles. The molecule has 2 fully saturated rings. The van der Waals surface area contributed by atoms with Crippen LogP contribution in [0.4, 0.5) is 0 Å². The Bertz CT molecular complexity index is 142. The highest BCUT2D eigenvalue weighted by Crippen LogP contribution is 2.32. The maximum absolute atomic E-state index is 10.8. The van der Waals surface area contributed by atoms with Gasteiger partial charge >= 0.3 is 5.97 Å². The van der Waals surface area contributed by atoms with Crippen molar-refractivity contribution in [2.24, 2.45) is 5.92 Å². The van der Waals surface area contributed by atoms with Crippen LogP contribution in [0.25, 0.3) is 0 Å². The first-order valence-electron chi connectivity index (χ1n) is 3.63. The van der Waals surface area contributed by atoms with Gasteiger partial charge in [0, 0.05) is 11.7 Å². The first kappa shape index (κ1) is 6.53. The third kappa shape index (κ3) is 1.03.